The maximum Gasteiger partial charge on any atom is 0.186 e. The summed E-state index contributed by atoms with van der Waals surface area (Å²) in [7, 11) is 1.78. The van der Waals surface area contributed by atoms with Crippen LogP contribution in [-0.4, -0.2) is 17.9 Å². The van der Waals surface area contributed by atoms with Crippen molar-refractivity contribution in [2.75, 3.05) is 7.05 Å². The van der Waals surface area contributed by atoms with Crippen molar-refractivity contribution in [3.8, 4) is 0 Å². The van der Waals surface area contributed by atoms with Crippen molar-refractivity contribution in [3.63, 3.8) is 0 Å². The molecule has 0 aromatic heterocycles. The molecule has 0 heterocycles. The minimum Gasteiger partial charge on any atom is -0.364 e. The van der Waals surface area contributed by atoms with E-state index in [9.17, 15) is 0 Å². The fourth-order valence-electron chi connectivity index (χ4n) is 2.69. The number of hydrogen-bond donors (Lipinski definition) is 2. The summed E-state index contributed by atoms with van der Waals surface area (Å²) < 4.78 is 0. The van der Waals surface area contributed by atoms with Gasteiger partial charge in [-0.25, -0.2) is 0 Å². The zero-order chi connectivity index (χ0) is 14.4. The molecule has 0 atom stereocenters. The lowest BCUT2D eigenvalue weighted by atomic mass is 9.84. The first-order chi connectivity index (χ1) is 9.70. The van der Waals surface area contributed by atoms with Crippen LogP contribution in [0.25, 0.3) is 0 Å². The highest BCUT2D eigenvalue weighted by atomic mass is 32.1. The Bertz CT molecular complexity index is 473. The molecule has 3 nitrogen and oxygen atoms in total. The van der Waals surface area contributed by atoms with E-state index in [1.165, 1.54) is 37.7 Å². The lowest BCUT2D eigenvalue weighted by Gasteiger charge is -2.22. The fraction of sp³-hybridized carbons (Fsp3) is 0.500. The monoisotopic (exact) mass is 289 g/mol. The Hall–Kier alpha value is -1.42. The average Bonchev–Trinajstić information content (AvgIpc) is 2.53. The molecule has 0 spiro atoms. The molecule has 0 saturated heterocycles. The largest absolute Gasteiger partial charge is 0.364 e. The normalized spacial score (nSPS) is 16.8. The van der Waals surface area contributed by atoms with Crippen molar-refractivity contribution in [3.05, 3.63) is 35.4 Å². The van der Waals surface area contributed by atoms with E-state index in [1.54, 1.807) is 7.05 Å². The van der Waals surface area contributed by atoms with Crippen molar-refractivity contribution >= 4 is 23.0 Å². The quantitative estimate of drug-likeness (QED) is 0.507. The molecule has 1 aliphatic carbocycles. The van der Waals surface area contributed by atoms with Gasteiger partial charge in [0.15, 0.2) is 5.11 Å². The molecular formula is C16H23N3S. The Morgan fingerprint density at radius 3 is 2.40 bits per heavy atom. The highest BCUT2D eigenvalue weighted by Gasteiger charge is 2.15. The molecule has 4 heteroatoms. The lowest BCUT2D eigenvalue weighted by Crippen LogP contribution is -2.29. The molecule has 1 aliphatic rings. The maximum atomic E-state index is 5.00. The summed E-state index contributed by atoms with van der Waals surface area (Å²) >= 11 is 5.00. The van der Waals surface area contributed by atoms with Gasteiger partial charge in [-0.3, -0.25) is 5.43 Å². The summed E-state index contributed by atoms with van der Waals surface area (Å²) in [5, 5.41) is 7.64. The van der Waals surface area contributed by atoms with Gasteiger partial charge in [0, 0.05) is 7.05 Å². The van der Waals surface area contributed by atoms with E-state index >= 15 is 0 Å². The SMILES string of the molecule is CNC(=S)NN=C(C)c1ccc(C2CCCCC2)cc1. The van der Waals surface area contributed by atoms with Gasteiger partial charge < -0.3 is 5.32 Å². The number of nitrogens with one attached hydrogen (secondary N) is 2. The zero-order valence-electron chi connectivity index (χ0n) is 12.3. The second-order valence-electron chi connectivity index (χ2n) is 5.35. The van der Waals surface area contributed by atoms with Crippen LogP contribution in [0.15, 0.2) is 29.4 Å². The van der Waals surface area contributed by atoms with Crippen molar-refractivity contribution in [2.45, 2.75) is 44.9 Å². The first kappa shape index (κ1) is 15.0. The van der Waals surface area contributed by atoms with E-state index < -0.39 is 0 Å². The molecule has 108 valence electrons. The molecule has 2 rings (SSSR count). The third kappa shape index (κ3) is 4.04. The van der Waals surface area contributed by atoms with E-state index in [1.807, 2.05) is 6.92 Å². The second-order valence-corrected chi connectivity index (χ2v) is 5.75. The average molecular weight is 289 g/mol. The van der Waals surface area contributed by atoms with E-state index in [2.05, 4.69) is 40.1 Å². The van der Waals surface area contributed by atoms with Crippen LogP contribution in [0.2, 0.25) is 0 Å². The molecule has 0 unspecified atom stereocenters. The van der Waals surface area contributed by atoms with Crippen LogP contribution >= 0.6 is 12.2 Å². The topological polar surface area (TPSA) is 36.4 Å². The fourth-order valence-corrected chi connectivity index (χ4v) is 2.73. The molecule has 1 aromatic carbocycles. The van der Waals surface area contributed by atoms with Crippen LogP contribution in [0, 0.1) is 0 Å². The number of hydrazone groups is 1. The Labute approximate surface area is 126 Å². The first-order valence-electron chi connectivity index (χ1n) is 7.33. The number of benzene rings is 1. The molecule has 0 bridgehead atoms. The van der Waals surface area contributed by atoms with E-state index in [0.29, 0.717) is 5.11 Å². The smallest absolute Gasteiger partial charge is 0.186 e. The molecule has 0 amide bonds. The van der Waals surface area contributed by atoms with Gasteiger partial charge in [-0.05, 0) is 49.0 Å². The predicted octanol–water partition coefficient (Wildman–Crippen LogP) is 3.55. The van der Waals surface area contributed by atoms with Gasteiger partial charge >= 0.3 is 0 Å². The molecule has 1 fully saturated rings. The summed E-state index contributed by atoms with van der Waals surface area (Å²) in [6, 6.07) is 8.82. The number of nitrogens with zero attached hydrogens (tertiary/aromatic N) is 1. The maximum absolute atomic E-state index is 5.00. The Morgan fingerprint density at radius 2 is 1.80 bits per heavy atom. The van der Waals surface area contributed by atoms with E-state index in [4.69, 9.17) is 12.2 Å². The Morgan fingerprint density at radius 1 is 1.15 bits per heavy atom. The molecule has 0 aliphatic heterocycles. The minimum atomic E-state index is 0.531. The molecule has 2 N–H and O–H groups in total. The van der Waals surface area contributed by atoms with Crippen LogP contribution in [0.5, 0.6) is 0 Å². The van der Waals surface area contributed by atoms with Gasteiger partial charge in [-0.15, -0.1) is 0 Å². The van der Waals surface area contributed by atoms with Crippen molar-refractivity contribution in [2.24, 2.45) is 5.10 Å². The highest BCUT2D eigenvalue weighted by molar-refractivity contribution is 7.80. The van der Waals surface area contributed by atoms with Gasteiger partial charge in [0.1, 0.15) is 0 Å². The standard InChI is InChI=1S/C16H23N3S/c1-12(18-19-16(20)17-2)13-8-10-15(11-9-13)14-6-4-3-5-7-14/h8-11,14H,3-7H2,1-2H3,(H2,17,19,20). The van der Waals surface area contributed by atoms with Crippen molar-refractivity contribution in [1.29, 1.82) is 0 Å². The van der Waals surface area contributed by atoms with Crippen LogP contribution in [0.3, 0.4) is 0 Å². The molecule has 20 heavy (non-hydrogen) atoms. The van der Waals surface area contributed by atoms with Crippen LogP contribution in [0.1, 0.15) is 56.1 Å². The van der Waals surface area contributed by atoms with Gasteiger partial charge in [0.25, 0.3) is 0 Å². The van der Waals surface area contributed by atoms with Gasteiger partial charge in [-0.1, -0.05) is 43.5 Å². The number of hydrogen-bond acceptors (Lipinski definition) is 2. The lowest BCUT2D eigenvalue weighted by molar-refractivity contribution is 0.443. The molecule has 0 radical (unpaired) electrons. The Balaban J connectivity index is 2.01. The number of rotatable bonds is 3. The number of thiocarbonyl (C=S) groups is 1. The minimum absolute atomic E-state index is 0.531. The molecule has 1 aromatic rings. The van der Waals surface area contributed by atoms with Crippen LogP contribution < -0.4 is 10.7 Å². The summed E-state index contributed by atoms with van der Waals surface area (Å²) in [5.41, 5.74) is 6.37. The summed E-state index contributed by atoms with van der Waals surface area (Å²) in [4.78, 5) is 0. The van der Waals surface area contributed by atoms with Crippen LogP contribution in [-0.2, 0) is 0 Å². The van der Waals surface area contributed by atoms with E-state index in [0.717, 1.165) is 17.2 Å². The third-order valence-corrected chi connectivity index (χ3v) is 4.25. The molecular weight excluding hydrogens is 266 g/mol. The summed E-state index contributed by atoms with van der Waals surface area (Å²) in [5.74, 6) is 0.755. The zero-order valence-corrected chi connectivity index (χ0v) is 13.1. The molecule has 1 saturated carbocycles. The summed E-state index contributed by atoms with van der Waals surface area (Å²) in [6.45, 7) is 1.99. The van der Waals surface area contributed by atoms with Gasteiger partial charge in [0.05, 0.1) is 5.71 Å². The van der Waals surface area contributed by atoms with Gasteiger partial charge in [0.2, 0.25) is 0 Å². The summed E-state index contributed by atoms with van der Waals surface area (Å²) in [6.07, 6.45) is 6.82. The second kappa shape index (κ2) is 7.39. The third-order valence-electron chi connectivity index (χ3n) is 3.96. The highest BCUT2D eigenvalue weighted by Crippen LogP contribution is 2.32. The van der Waals surface area contributed by atoms with Crippen LogP contribution in [0.4, 0.5) is 0 Å². The Kier molecular flexibility index (Phi) is 5.53. The first-order valence-corrected chi connectivity index (χ1v) is 7.74. The van der Waals surface area contributed by atoms with Crippen molar-refractivity contribution < 1.29 is 0 Å². The van der Waals surface area contributed by atoms with Crippen molar-refractivity contribution in [1.82, 2.24) is 10.7 Å². The van der Waals surface area contributed by atoms with E-state index in [-0.39, 0.29) is 0 Å². The predicted molar refractivity (Wildman–Crippen MR) is 89.3 cm³/mol. The van der Waals surface area contributed by atoms with Gasteiger partial charge in [-0.2, -0.15) is 5.10 Å².